The lowest BCUT2D eigenvalue weighted by Gasteiger charge is -2.28. The Labute approximate surface area is 128 Å². The number of ether oxygens (including phenoxy) is 1. The molecule has 0 spiro atoms. The topological polar surface area (TPSA) is 24.5 Å². The van der Waals surface area contributed by atoms with Gasteiger partial charge in [0, 0.05) is 48.6 Å². The number of likely N-dealkylation sites (N-methyl/N-ethyl adjacent to an activating group) is 1. The summed E-state index contributed by atoms with van der Waals surface area (Å²) in [5.41, 5.74) is 2.41. The van der Waals surface area contributed by atoms with Crippen LogP contribution in [-0.2, 0) is 11.3 Å². The summed E-state index contributed by atoms with van der Waals surface area (Å²) < 4.78 is 5.19. The maximum atomic E-state index is 6.40. The summed E-state index contributed by atoms with van der Waals surface area (Å²) in [5.74, 6) is 0. The highest BCUT2D eigenvalue weighted by Gasteiger charge is 2.15. The zero-order chi connectivity index (χ0) is 15.2. The molecule has 114 valence electrons. The molecule has 0 saturated carbocycles. The lowest BCUT2D eigenvalue weighted by atomic mass is 10.1. The van der Waals surface area contributed by atoms with Crippen molar-refractivity contribution in [3.8, 4) is 0 Å². The summed E-state index contributed by atoms with van der Waals surface area (Å²) in [7, 11) is 1.73. The Morgan fingerprint density at radius 2 is 2.00 bits per heavy atom. The molecule has 0 radical (unpaired) electrons. The van der Waals surface area contributed by atoms with E-state index in [9.17, 15) is 0 Å². The van der Waals surface area contributed by atoms with Crippen molar-refractivity contribution >= 4 is 17.3 Å². The van der Waals surface area contributed by atoms with Crippen LogP contribution in [0.3, 0.4) is 0 Å². The van der Waals surface area contributed by atoms with E-state index in [1.54, 1.807) is 7.11 Å². The van der Waals surface area contributed by atoms with Crippen LogP contribution < -0.4 is 10.2 Å². The second kappa shape index (κ2) is 7.87. The fourth-order valence-corrected chi connectivity index (χ4v) is 2.26. The molecule has 1 rings (SSSR count). The number of nitrogens with zero attached hydrogens (tertiary/aromatic N) is 1. The average Bonchev–Trinajstić information content (AvgIpc) is 2.37. The molecular weight excluding hydrogens is 272 g/mol. The second-order valence-electron chi connectivity index (χ2n) is 5.91. The van der Waals surface area contributed by atoms with Crippen LogP contribution in [0.15, 0.2) is 18.2 Å². The molecule has 0 heterocycles. The standard InChI is InChI=1S/C16H27ClN2O/c1-6-19(10-11-20-5)15-9-7-8-14(17)13(15)12-18-16(2,3)4/h7-9,18H,6,10-12H2,1-5H3. The number of hydrogen-bond acceptors (Lipinski definition) is 3. The Morgan fingerprint density at radius 1 is 1.30 bits per heavy atom. The SMILES string of the molecule is CCN(CCOC)c1cccc(Cl)c1CNC(C)(C)C. The minimum Gasteiger partial charge on any atom is -0.383 e. The van der Waals surface area contributed by atoms with E-state index in [4.69, 9.17) is 16.3 Å². The minimum atomic E-state index is 0.0695. The molecule has 0 bridgehead atoms. The number of halogens is 1. The first-order chi connectivity index (χ1) is 9.39. The predicted molar refractivity (Wildman–Crippen MR) is 87.8 cm³/mol. The highest BCUT2D eigenvalue weighted by atomic mass is 35.5. The van der Waals surface area contributed by atoms with Crippen molar-refractivity contribution in [2.24, 2.45) is 0 Å². The fraction of sp³-hybridized carbons (Fsp3) is 0.625. The summed E-state index contributed by atoms with van der Waals surface area (Å²) in [4.78, 5) is 2.30. The number of hydrogen-bond donors (Lipinski definition) is 1. The smallest absolute Gasteiger partial charge is 0.0637 e. The van der Waals surface area contributed by atoms with E-state index in [1.807, 2.05) is 12.1 Å². The quantitative estimate of drug-likeness (QED) is 0.831. The van der Waals surface area contributed by atoms with Gasteiger partial charge >= 0.3 is 0 Å². The van der Waals surface area contributed by atoms with E-state index in [2.05, 4.69) is 44.0 Å². The van der Waals surface area contributed by atoms with Crippen molar-refractivity contribution in [1.29, 1.82) is 0 Å². The molecule has 0 aromatic heterocycles. The van der Waals surface area contributed by atoms with Gasteiger partial charge in [-0.1, -0.05) is 17.7 Å². The first-order valence-electron chi connectivity index (χ1n) is 7.15. The summed E-state index contributed by atoms with van der Waals surface area (Å²) in [6.45, 7) is 11.9. The summed E-state index contributed by atoms with van der Waals surface area (Å²) in [6, 6.07) is 6.09. The van der Waals surface area contributed by atoms with Crippen molar-refractivity contribution < 1.29 is 4.74 Å². The molecule has 4 heteroatoms. The third-order valence-corrected chi connectivity index (χ3v) is 3.53. The van der Waals surface area contributed by atoms with Crippen molar-refractivity contribution in [3.05, 3.63) is 28.8 Å². The van der Waals surface area contributed by atoms with Gasteiger partial charge in [-0.3, -0.25) is 0 Å². The Balaban J connectivity index is 2.96. The van der Waals surface area contributed by atoms with Crippen molar-refractivity contribution in [3.63, 3.8) is 0 Å². The number of rotatable bonds is 7. The first-order valence-corrected chi connectivity index (χ1v) is 7.53. The molecule has 0 saturated heterocycles. The molecule has 1 aromatic carbocycles. The van der Waals surface area contributed by atoms with Crippen LogP contribution in [0.2, 0.25) is 5.02 Å². The number of methoxy groups -OCH3 is 1. The zero-order valence-corrected chi connectivity index (χ0v) is 14.0. The van der Waals surface area contributed by atoms with Crippen LogP contribution in [-0.4, -0.2) is 32.3 Å². The molecule has 0 unspecified atom stereocenters. The largest absolute Gasteiger partial charge is 0.383 e. The van der Waals surface area contributed by atoms with Gasteiger partial charge < -0.3 is 15.0 Å². The van der Waals surface area contributed by atoms with Crippen molar-refractivity contribution in [2.45, 2.75) is 39.8 Å². The lowest BCUT2D eigenvalue weighted by molar-refractivity contribution is 0.205. The Bertz CT molecular complexity index is 415. The van der Waals surface area contributed by atoms with Crippen LogP contribution >= 0.6 is 11.6 Å². The van der Waals surface area contributed by atoms with E-state index in [0.717, 1.165) is 30.2 Å². The van der Waals surface area contributed by atoms with Gasteiger partial charge in [0.05, 0.1) is 6.61 Å². The molecule has 0 atom stereocenters. The molecular formula is C16H27ClN2O. The van der Waals surface area contributed by atoms with E-state index in [0.29, 0.717) is 6.61 Å². The van der Waals surface area contributed by atoms with Crippen LogP contribution in [0.5, 0.6) is 0 Å². The monoisotopic (exact) mass is 298 g/mol. The van der Waals surface area contributed by atoms with Crippen molar-refractivity contribution in [1.82, 2.24) is 5.32 Å². The lowest BCUT2D eigenvalue weighted by Crippen LogP contribution is -2.36. The van der Waals surface area contributed by atoms with E-state index in [-0.39, 0.29) is 5.54 Å². The van der Waals surface area contributed by atoms with E-state index >= 15 is 0 Å². The van der Waals surface area contributed by atoms with Crippen LogP contribution in [0.25, 0.3) is 0 Å². The summed E-state index contributed by atoms with van der Waals surface area (Å²) in [6.07, 6.45) is 0. The minimum absolute atomic E-state index is 0.0695. The van der Waals surface area contributed by atoms with Gasteiger partial charge in [0.15, 0.2) is 0 Å². The van der Waals surface area contributed by atoms with Gasteiger partial charge in [0.2, 0.25) is 0 Å². The normalized spacial score (nSPS) is 11.7. The molecule has 0 aliphatic heterocycles. The number of benzene rings is 1. The van der Waals surface area contributed by atoms with E-state index < -0.39 is 0 Å². The number of anilines is 1. The summed E-state index contributed by atoms with van der Waals surface area (Å²) in [5, 5.41) is 4.33. The maximum Gasteiger partial charge on any atom is 0.0637 e. The highest BCUT2D eigenvalue weighted by Crippen LogP contribution is 2.28. The third kappa shape index (κ3) is 5.31. The van der Waals surface area contributed by atoms with Gasteiger partial charge in [-0.05, 0) is 39.8 Å². The second-order valence-corrected chi connectivity index (χ2v) is 6.32. The average molecular weight is 299 g/mol. The zero-order valence-electron chi connectivity index (χ0n) is 13.3. The molecule has 0 aliphatic rings. The van der Waals surface area contributed by atoms with E-state index in [1.165, 1.54) is 5.69 Å². The van der Waals surface area contributed by atoms with Gasteiger partial charge in [-0.2, -0.15) is 0 Å². The molecule has 0 amide bonds. The summed E-state index contributed by atoms with van der Waals surface area (Å²) >= 11 is 6.40. The van der Waals surface area contributed by atoms with Gasteiger partial charge in [-0.25, -0.2) is 0 Å². The fourth-order valence-electron chi connectivity index (χ4n) is 2.02. The highest BCUT2D eigenvalue weighted by molar-refractivity contribution is 6.31. The molecule has 0 fully saturated rings. The maximum absolute atomic E-state index is 6.40. The van der Waals surface area contributed by atoms with Gasteiger partial charge in [-0.15, -0.1) is 0 Å². The first kappa shape index (κ1) is 17.3. The third-order valence-electron chi connectivity index (χ3n) is 3.18. The van der Waals surface area contributed by atoms with Crippen molar-refractivity contribution in [2.75, 3.05) is 31.7 Å². The number of nitrogens with one attached hydrogen (secondary N) is 1. The van der Waals surface area contributed by atoms with Crippen LogP contribution in [0, 0.1) is 0 Å². The molecule has 1 N–H and O–H groups in total. The van der Waals surface area contributed by atoms with Crippen LogP contribution in [0.1, 0.15) is 33.3 Å². The predicted octanol–water partition coefficient (Wildman–Crippen LogP) is 3.70. The molecule has 20 heavy (non-hydrogen) atoms. The Morgan fingerprint density at radius 3 is 2.55 bits per heavy atom. The van der Waals surface area contributed by atoms with Crippen LogP contribution in [0.4, 0.5) is 5.69 Å². The van der Waals surface area contributed by atoms with Gasteiger partial charge in [0.25, 0.3) is 0 Å². The molecule has 3 nitrogen and oxygen atoms in total. The molecule has 0 aliphatic carbocycles. The van der Waals surface area contributed by atoms with Gasteiger partial charge in [0.1, 0.15) is 0 Å². The Kier molecular flexibility index (Phi) is 6.80. The Hall–Kier alpha value is -0.770. The molecule has 1 aromatic rings.